The van der Waals surface area contributed by atoms with Crippen LogP contribution >= 0.6 is 0 Å². The first-order valence-corrected chi connectivity index (χ1v) is 7.26. The molecule has 0 atom stereocenters. The average Bonchev–Trinajstić information content (AvgIpc) is 2.68. The Morgan fingerprint density at radius 1 is 1.25 bits per heavy atom. The third-order valence-electron chi connectivity index (χ3n) is 2.53. The smallest absolute Gasteiger partial charge is 0.419 e. The van der Waals surface area contributed by atoms with E-state index in [0.29, 0.717) is 5.39 Å². The van der Waals surface area contributed by atoms with Crippen LogP contribution in [0.4, 0.5) is 8.68 Å². The van der Waals surface area contributed by atoms with Gasteiger partial charge in [-0.2, -0.15) is 8.42 Å². The van der Waals surface area contributed by atoms with E-state index in [9.17, 15) is 17.1 Å². The number of aromatic nitrogens is 1. The van der Waals surface area contributed by atoms with Crippen LogP contribution in [-0.2, 0) is 15.0 Å². The highest BCUT2D eigenvalue weighted by Crippen LogP contribution is 2.26. The number of ether oxygens (including phenoxy) is 1. The lowest BCUT2D eigenvalue weighted by Crippen LogP contribution is -2.27. The van der Waals surface area contributed by atoms with Crippen LogP contribution in [0.2, 0.25) is 0 Å². The predicted molar refractivity (Wildman–Crippen MR) is 71.9 cm³/mol. The number of carbonyl (C=O) groups excluding carboxylic acids is 1. The van der Waals surface area contributed by atoms with Gasteiger partial charge in [0.25, 0.3) is 0 Å². The molecular weight excluding hydrogens is 285 g/mol. The molecule has 0 aliphatic heterocycles. The fourth-order valence-corrected chi connectivity index (χ4v) is 2.51. The molecule has 0 N–H and O–H groups in total. The molecule has 1 aromatic carbocycles. The van der Waals surface area contributed by atoms with Gasteiger partial charge in [-0.25, -0.2) is 4.79 Å². The fraction of sp³-hybridized carbons (Fsp3) is 0.308. The Labute approximate surface area is 116 Å². The van der Waals surface area contributed by atoms with Crippen molar-refractivity contribution in [3.05, 3.63) is 30.5 Å². The molecule has 0 amide bonds. The second kappa shape index (κ2) is 4.59. The van der Waals surface area contributed by atoms with Crippen molar-refractivity contribution in [2.45, 2.75) is 31.3 Å². The maximum absolute atomic E-state index is 13.3. The molecule has 0 saturated heterocycles. The van der Waals surface area contributed by atoms with Gasteiger partial charge in [0, 0.05) is 11.6 Å². The van der Waals surface area contributed by atoms with Gasteiger partial charge in [-0.05, 0) is 32.9 Å². The van der Waals surface area contributed by atoms with Crippen LogP contribution in [0.3, 0.4) is 0 Å². The highest BCUT2D eigenvalue weighted by Gasteiger charge is 2.24. The van der Waals surface area contributed by atoms with Gasteiger partial charge in [0.05, 0.1) is 5.52 Å². The molecule has 1 aromatic heterocycles. The fourth-order valence-electron chi connectivity index (χ4n) is 1.82. The van der Waals surface area contributed by atoms with E-state index in [2.05, 4.69) is 0 Å². The first-order valence-electron chi connectivity index (χ1n) is 5.88. The topological polar surface area (TPSA) is 65.4 Å². The van der Waals surface area contributed by atoms with Crippen molar-refractivity contribution < 1.29 is 21.8 Å². The molecule has 0 aliphatic carbocycles. The van der Waals surface area contributed by atoms with Crippen LogP contribution in [0.25, 0.3) is 10.9 Å². The molecule has 2 rings (SSSR count). The maximum atomic E-state index is 13.3. The summed E-state index contributed by atoms with van der Waals surface area (Å²) in [5.74, 6) is 0. The van der Waals surface area contributed by atoms with Gasteiger partial charge < -0.3 is 4.74 Å². The Hall–Kier alpha value is -1.89. The lowest BCUT2D eigenvalue weighted by molar-refractivity contribution is 0.0544. The summed E-state index contributed by atoms with van der Waals surface area (Å²) < 4.78 is 41.8. The zero-order valence-electron chi connectivity index (χ0n) is 11.3. The molecule has 0 unspecified atom stereocenters. The standard InChI is InChI=1S/C13H14FNO4S/c1-13(2,3)19-12(16)15-8-7-9-5-4-6-10(11(9)15)20(14,17)18/h4-8H,1-3H3. The molecule has 0 bridgehead atoms. The number of rotatable bonds is 1. The second-order valence-electron chi connectivity index (χ2n) is 5.30. The number of benzene rings is 1. The predicted octanol–water partition coefficient (Wildman–Crippen LogP) is 3.08. The van der Waals surface area contributed by atoms with Gasteiger partial charge in [-0.1, -0.05) is 12.1 Å². The summed E-state index contributed by atoms with van der Waals surface area (Å²) >= 11 is 0. The quantitative estimate of drug-likeness (QED) is 0.759. The van der Waals surface area contributed by atoms with Crippen molar-refractivity contribution in [2.24, 2.45) is 0 Å². The van der Waals surface area contributed by atoms with Gasteiger partial charge in [0.15, 0.2) is 0 Å². The van der Waals surface area contributed by atoms with Crippen LogP contribution in [0.5, 0.6) is 0 Å². The molecule has 0 spiro atoms. The summed E-state index contributed by atoms with van der Waals surface area (Å²) in [4.78, 5) is 11.5. The molecule has 5 nitrogen and oxygen atoms in total. The molecule has 0 aliphatic rings. The lowest BCUT2D eigenvalue weighted by Gasteiger charge is -2.20. The van der Waals surface area contributed by atoms with Crippen molar-refractivity contribution in [2.75, 3.05) is 0 Å². The molecule has 0 radical (unpaired) electrons. The summed E-state index contributed by atoms with van der Waals surface area (Å²) in [6.45, 7) is 5.05. The second-order valence-corrected chi connectivity index (χ2v) is 6.61. The molecule has 2 aromatic rings. The van der Waals surface area contributed by atoms with Crippen molar-refractivity contribution in [1.82, 2.24) is 4.57 Å². The highest BCUT2D eigenvalue weighted by atomic mass is 32.3. The number of hydrogen-bond acceptors (Lipinski definition) is 4. The van der Waals surface area contributed by atoms with E-state index >= 15 is 0 Å². The summed E-state index contributed by atoms with van der Waals surface area (Å²) in [5, 5.41) is 0.439. The molecule has 20 heavy (non-hydrogen) atoms. The SMILES string of the molecule is CC(C)(C)OC(=O)n1ccc2cccc(S(=O)(=O)F)c21. The first-order chi connectivity index (χ1) is 9.09. The van der Waals surface area contributed by atoms with Crippen LogP contribution in [0.1, 0.15) is 20.8 Å². The zero-order valence-corrected chi connectivity index (χ0v) is 12.1. The maximum Gasteiger partial charge on any atom is 0.419 e. The molecule has 0 saturated carbocycles. The van der Waals surface area contributed by atoms with Gasteiger partial charge >= 0.3 is 16.3 Å². The number of para-hydroxylation sites is 1. The van der Waals surface area contributed by atoms with Crippen molar-refractivity contribution in [3.8, 4) is 0 Å². The van der Waals surface area contributed by atoms with Crippen molar-refractivity contribution in [1.29, 1.82) is 0 Å². The molecular formula is C13H14FNO4S. The Bertz CT molecular complexity index is 771. The minimum absolute atomic E-state index is 0.0238. The van der Waals surface area contributed by atoms with E-state index in [1.54, 1.807) is 26.8 Å². The third-order valence-corrected chi connectivity index (χ3v) is 3.38. The molecule has 0 fully saturated rings. The van der Waals surface area contributed by atoms with Crippen molar-refractivity contribution >= 4 is 27.2 Å². The van der Waals surface area contributed by atoms with Gasteiger partial charge in [-0.3, -0.25) is 4.57 Å². The number of halogens is 1. The minimum Gasteiger partial charge on any atom is -0.443 e. The monoisotopic (exact) mass is 299 g/mol. The van der Waals surface area contributed by atoms with E-state index < -0.39 is 26.8 Å². The lowest BCUT2D eigenvalue weighted by atomic mass is 10.2. The molecule has 7 heteroatoms. The largest absolute Gasteiger partial charge is 0.443 e. The van der Waals surface area contributed by atoms with Gasteiger partial charge in [0.2, 0.25) is 0 Å². The molecule has 1 heterocycles. The van der Waals surface area contributed by atoms with Crippen LogP contribution in [-0.4, -0.2) is 24.7 Å². The zero-order chi connectivity index (χ0) is 15.1. The normalized spacial score (nSPS) is 12.6. The Balaban J connectivity index is 2.65. The summed E-state index contributed by atoms with van der Waals surface area (Å²) in [5.41, 5.74) is -0.763. The first kappa shape index (κ1) is 14.5. The minimum atomic E-state index is -4.93. The Kier molecular flexibility index (Phi) is 3.33. The third kappa shape index (κ3) is 2.82. The number of carbonyl (C=O) groups is 1. The molecule has 108 valence electrons. The summed E-state index contributed by atoms with van der Waals surface area (Å²) in [7, 11) is -4.93. The Morgan fingerprint density at radius 3 is 2.45 bits per heavy atom. The van der Waals surface area contributed by atoms with Crippen LogP contribution < -0.4 is 0 Å². The van der Waals surface area contributed by atoms with E-state index in [-0.39, 0.29) is 5.52 Å². The number of fused-ring (bicyclic) bond motifs is 1. The van der Waals surface area contributed by atoms with Crippen LogP contribution in [0, 0.1) is 0 Å². The highest BCUT2D eigenvalue weighted by molar-refractivity contribution is 7.86. The van der Waals surface area contributed by atoms with E-state index in [1.807, 2.05) is 0 Å². The average molecular weight is 299 g/mol. The summed E-state index contributed by atoms with van der Waals surface area (Å²) in [6, 6.07) is 5.63. The van der Waals surface area contributed by atoms with E-state index in [1.165, 1.54) is 18.3 Å². The van der Waals surface area contributed by atoms with Crippen molar-refractivity contribution in [3.63, 3.8) is 0 Å². The van der Waals surface area contributed by atoms with E-state index in [0.717, 1.165) is 10.6 Å². The number of hydrogen-bond donors (Lipinski definition) is 0. The van der Waals surface area contributed by atoms with E-state index in [4.69, 9.17) is 4.74 Å². The number of nitrogens with zero attached hydrogens (tertiary/aromatic N) is 1. The Morgan fingerprint density at radius 2 is 1.90 bits per heavy atom. The van der Waals surface area contributed by atoms with Gasteiger partial charge in [0.1, 0.15) is 10.5 Å². The van der Waals surface area contributed by atoms with Gasteiger partial charge in [-0.15, -0.1) is 3.89 Å². The summed E-state index contributed by atoms with van der Waals surface area (Å²) in [6.07, 6.45) is 0.594. The van der Waals surface area contributed by atoms with Crippen LogP contribution in [0.15, 0.2) is 35.4 Å².